The van der Waals surface area contributed by atoms with Crippen LogP contribution in [0.5, 0.6) is 0 Å². The smallest absolute Gasteiger partial charge is 0.363 e. The van der Waals surface area contributed by atoms with Crippen LogP contribution >= 0.6 is 23.2 Å². The first-order valence-electron chi connectivity index (χ1n) is 7.99. The molecular formula is C21H13Cl2NO2. The predicted molar refractivity (Wildman–Crippen MR) is 106 cm³/mol. The molecule has 1 heterocycles. The second kappa shape index (κ2) is 6.60. The first kappa shape index (κ1) is 16.8. The van der Waals surface area contributed by atoms with E-state index in [1.54, 1.807) is 24.3 Å². The molecule has 128 valence electrons. The van der Waals surface area contributed by atoms with E-state index >= 15 is 0 Å². The molecule has 4 rings (SSSR count). The summed E-state index contributed by atoms with van der Waals surface area (Å²) in [6.07, 6.45) is 1.74. The van der Waals surface area contributed by atoms with Gasteiger partial charge >= 0.3 is 5.97 Å². The fourth-order valence-corrected chi connectivity index (χ4v) is 3.42. The molecule has 0 aromatic heterocycles. The second-order valence-electron chi connectivity index (χ2n) is 5.98. The van der Waals surface area contributed by atoms with Crippen LogP contribution in [0.15, 0.2) is 65.3 Å². The van der Waals surface area contributed by atoms with Crippen LogP contribution in [0.25, 0.3) is 16.8 Å². The summed E-state index contributed by atoms with van der Waals surface area (Å²) >= 11 is 12.1. The number of rotatable bonds is 2. The van der Waals surface area contributed by atoms with Crippen molar-refractivity contribution >= 4 is 51.9 Å². The van der Waals surface area contributed by atoms with Crippen LogP contribution in [0.2, 0.25) is 10.0 Å². The van der Waals surface area contributed by atoms with E-state index in [-0.39, 0.29) is 11.6 Å². The zero-order chi connectivity index (χ0) is 18.3. The van der Waals surface area contributed by atoms with E-state index in [2.05, 4.69) is 18.0 Å². The lowest BCUT2D eigenvalue weighted by Gasteiger charge is -2.05. The molecule has 0 bridgehead atoms. The van der Waals surface area contributed by atoms with Crippen LogP contribution in [0, 0.1) is 6.92 Å². The lowest BCUT2D eigenvalue weighted by molar-refractivity contribution is -0.129. The molecule has 1 aliphatic rings. The third-order valence-corrected chi connectivity index (χ3v) is 4.80. The number of benzene rings is 3. The average Bonchev–Trinajstić information content (AvgIpc) is 2.98. The Labute approximate surface area is 160 Å². The average molecular weight is 382 g/mol. The zero-order valence-corrected chi connectivity index (χ0v) is 15.3. The normalized spacial score (nSPS) is 15.4. The maximum absolute atomic E-state index is 12.3. The maximum atomic E-state index is 12.3. The molecule has 0 fully saturated rings. The zero-order valence-electron chi connectivity index (χ0n) is 13.8. The Balaban J connectivity index is 1.80. The van der Waals surface area contributed by atoms with Crippen molar-refractivity contribution < 1.29 is 9.53 Å². The highest BCUT2D eigenvalue weighted by Crippen LogP contribution is 2.28. The molecule has 0 saturated carbocycles. The molecule has 3 aromatic carbocycles. The van der Waals surface area contributed by atoms with Gasteiger partial charge < -0.3 is 4.74 Å². The van der Waals surface area contributed by atoms with E-state index in [4.69, 9.17) is 27.9 Å². The summed E-state index contributed by atoms with van der Waals surface area (Å²) in [5.74, 6) is -0.324. The third-order valence-electron chi connectivity index (χ3n) is 4.25. The van der Waals surface area contributed by atoms with E-state index in [1.807, 2.05) is 30.3 Å². The van der Waals surface area contributed by atoms with Gasteiger partial charge in [0.15, 0.2) is 5.70 Å². The topological polar surface area (TPSA) is 38.7 Å². The number of cyclic esters (lactones) is 1. The van der Waals surface area contributed by atoms with Crippen molar-refractivity contribution in [2.75, 3.05) is 0 Å². The number of esters is 1. The summed E-state index contributed by atoms with van der Waals surface area (Å²) in [7, 11) is 0. The van der Waals surface area contributed by atoms with Gasteiger partial charge in [-0.05, 0) is 53.1 Å². The standard InChI is InChI=1S/C21H13Cl2NO2/c1-12-6-7-13(16-5-3-2-4-15(12)16)10-19-21(25)26-20(24-19)17-9-8-14(22)11-18(17)23/h2-11H,1H3/b19-10-. The van der Waals surface area contributed by atoms with E-state index in [9.17, 15) is 4.79 Å². The third kappa shape index (κ3) is 3.00. The van der Waals surface area contributed by atoms with E-state index < -0.39 is 5.97 Å². The Morgan fingerprint density at radius 1 is 1.00 bits per heavy atom. The molecule has 3 nitrogen and oxygen atoms in total. The van der Waals surface area contributed by atoms with Gasteiger partial charge in [0, 0.05) is 5.02 Å². The van der Waals surface area contributed by atoms with Crippen LogP contribution in [0.3, 0.4) is 0 Å². The Hall–Kier alpha value is -2.62. The minimum absolute atomic E-state index is 0.180. The van der Waals surface area contributed by atoms with Gasteiger partial charge in [-0.3, -0.25) is 0 Å². The Bertz CT molecular complexity index is 1120. The Morgan fingerprint density at radius 3 is 2.54 bits per heavy atom. The molecule has 1 aliphatic heterocycles. The summed E-state index contributed by atoms with van der Waals surface area (Å²) in [6.45, 7) is 2.06. The number of fused-ring (bicyclic) bond motifs is 1. The van der Waals surface area contributed by atoms with Crippen molar-refractivity contribution in [2.45, 2.75) is 6.92 Å². The van der Waals surface area contributed by atoms with Crippen molar-refractivity contribution in [1.82, 2.24) is 0 Å². The summed E-state index contributed by atoms with van der Waals surface area (Å²) in [4.78, 5) is 16.6. The molecule has 5 heteroatoms. The minimum atomic E-state index is -0.504. The van der Waals surface area contributed by atoms with E-state index in [1.165, 1.54) is 5.56 Å². The van der Waals surface area contributed by atoms with Gasteiger partial charge in [0.1, 0.15) is 0 Å². The number of carbonyl (C=O) groups is 1. The van der Waals surface area contributed by atoms with Gasteiger partial charge in [-0.25, -0.2) is 9.79 Å². The van der Waals surface area contributed by atoms with Crippen molar-refractivity contribution in [3.63, 3.8) is 0 Å². The second-order valence-corrected chi connectivity index (χ2v) is 6.82. The number of aliphatic imine (C=N–C) groups is 1. The highest BCUT2D eigenvalue weighted by atomic mass is 35.5. The molecule has 26 heavy (non-hydrogen) atoms. The Morgan fingerprint density at radius 2 is 1.77 bits per heavy atom. The molecule has 0 aliphatic carbocycles. The highest BCUT2D eigenvalue weighted by molar-refractivity contribution is 6.37. The number of hydrogen-bond donors (Lipinski definition) is 0. The number of hydrogen-bond acceptors (Lipinski definition) is 3. The first-order chi connectivity index (χ1) is 12.5. The lowest BCUT2D eigenvalue weighted by atomic mass is 10.00. The molecular weight excluding hydrogens is 369 g/mol. The van der Waals surface area contributed by atoms with Gasteiger partial charge in [-0.15, -0.1) is 0 Å². The van der Waals surface area contributed by atoms with Gasteiger partial charge in [0.05, 0.1) is 10.6 Å². The monoisotopic (exact) mass is 381 g/mol. The van der Waals surface area contributed by atoms with Crippen molar-refractivity contribution in [2.24, 2.45) is 4.99 Å². The van der Waals surface area contributed by atoms with Crippen molar-refractivity contribution in [3.8, 4) is 0 Å². The highest BCUT2D eigenvalue weighted by Gasteiger charge is 2.25. The van der Waals surface area contributed by atoms with Crippen LogP contribution in [0.1, 0.15) is 16.7 Å². The molecule has 0 amide bonds. The fourth-order valence-electron chi connectivity index (χ4n) is 2.93. The van der Waals surface area contributed by atoms with Gasteiger partial charge in [-0.2, -0.15) is 0 Å². The first-order valence-corrected chi connectivity index (χ1v) is 8.75. The van der Waals surface area contributed by atoms with Crippen molar-refractivity contribution in [1.29, 1.82) is 0 Å². The molecule has 0 N–H and O–H groups in total. The number of ether oxygens (including phenoxy) is 1. The quantitative estimate of drug-likeness (QED) is 0.415. The number of halogens is 2. The minimum Gasteiger partial charge on any atom is -0.402 e. The SMILES string of the molecule is Cc1ccc(/C=C2\N=C(c3ccc(Cl)cc3Cl)OC2=O)c2ccccc12. The maximum Gasteiger partial charge on any atom is 0.363 e. The largest absolute Gasteiger partial charge is 0.402 e. The van der Waals surface area contributed by atoms with Crippen LogP contribution in [-0.4, -0.2) is 11.9 Å². The molecule has 0 radical (unpaired) electrons. The molecule has 0 spiro atoms. The number of carbonyl (C=O) groups excluding carboxylic acids is 1. The van der Waals surface area contributed by atoms with Gasteiger partial charge in [-0.1, -0.05) is 59.6 Å². The van der Waals surface area contributed by atoms with E-state index in [0.717, 1.165) is 16.3 Å². The lowest BCUT2D eigenvalue weighted by Crippen LogP contribution is -2.05. The molecule has 0 saturated heterocycles. The number of nitrogens with zero attached hydrogens (tertiary/aromatic N) is 1. The fraction of sp³-hybridized carbons (Fsp3) is 0.0476. The van der Waals surface area contributed by atoms with Crippen molar-refractivity contribution in [3.05, 3.63) is 87.0 Å². The molecule has 3 aromatic rings. The molecule has 0 unspecified atom stereocenters. The summed E-state index contributed by atoms with van der Waals surface area (Å²) in [5.41, 5.74) is 2.85. The van der Waals surface area contributed by atoms with Crippen LogP contribution in [-0.2, 0) is 9.53 Å². The summed E-state index contributed by atoms with van der Waals surface area (Å²) < 4.78 is 5.30. The Kier molecular flexibility index (Phi) is 4.27. The van der Waals surface area contributed by atoms with Crippen LogP contribution < -0.4 is 0 Å². The molecule has 0 atom stereocenters. The number of aryl methyl sites for hydroxylation is 1. The van der Waals surface area contributed by atoms with Crippen LogP contribution in [0.4, 0.5) is 0 Å². The predicted octanol–water partition coefficient (Wildman–Crippen LogP) is 5.80. The van der Waals surface area contributed by atoms with Gasteiger partial charge in [0.2, 0.25) is 5.90 Å². The summed E-state index contributed by atoms with van der Waals surface area (Å²) in [6, 6.07) is 17.0. The summed E-state index contributed by atoms with van der Waals surface area (Å²) in [5, 5.41) is 3.08. The van der Waals surface area contributed by atoms with E-state index in [0.29, 0.717) is 15.6 Å². The van der Waals surface area contributed by atoms with Gasteiger partial charge in [0.25, 0.3) is 0 Å².